The molecule has 1 aromatic heterocycles. The fourth-order valence-corrected chi connectivity index (χ4v) is 7.69. The van der Waals surface area contributed by atoms with Crippen LogP contribution in [0.2, 0.25) is 0 Å². The van der Waals surface area contributed by atoms with Crippen LogP contribution in [-0.4, -0.2) is 15.9 Å². The Morgan fingerprint density at radius 1 is 1.00 bits per heavy atom. The molecule has 1 aliphatic heterocycles. The molecule has 1 radical (unpaired) electrons. The molecular formula is C44H58IrNO2S-. The minimum Gasteiger partial charge on any atom is -0.512 e. The molecule has 2 heterocycles. The van der Waals surface area contributed by atoms with Gasteiger partial charge in [0.2, 0.25) is 0 Å². The van der Waals surface area contributed by atoms with Gasteiger partial charge in [0.1, 0.15) is 5.76 Å². The van der Waals surface area contributed by atoms with Gasteiger partial charge in [-0.15, -0.1) is 29.3 Å². The maximum absolute atomic E-state index is 11.9. The zero-order valence-electron chi connectivity index (χ0n) is 36.3. The Morgan fingerprint density at radius 3 is 2.22 bits per heavy atom. The molecule has 49 heavy (non-hydrogen) atoms. The summed E-state index contributed by atoms with van der Waals surface area (Å²) in [7, 11) is 0. The molecular weight excluding hydrogens is 799 g/mol. The van der Waals surface area contributed by atoms with E-state index in [1.165, 1.54) is 6.08 Å². The molecule has 267 valence electrons. The minimum atomic E-state index is -2.21. The van der Waals surface area contributed by atoms with Crippen LogP contribution >= 0.6 is 11.8 Å². The fourth-order valence-electron chi connectivity index (χ4n) is 6.39. The number of nitrogens with zero attached hydrogens (tertiary/aromatic N) is 1. The predicted molar refractivity (Wildman–Crippen MR) is 207 cm³/mol. The number of pyridine rings is 1. The Balaban J connectivity index is 0.000000393. The molecule has 0 aliphatic carbocycles. The number of ketones is 1. The van der Waals surface area contributed by atoms with E-state index in [9.17, 15) is 9.90 Å². The summed E-state index contributed by atoms with van der Waals surface area (Å²) in [6, 6.07) is 13.3. The van der Waals surface area contributed by atoms with Crippen molar-refractivity contribution in [3.63, 3.8) is 0 Å². The van der Waals surface area contributed by atoms with E-state index in [0.717, 1.165) is 86.6 Å². The van der Waals surface area contributed by atoms with Crippen molar-refractivity contribution in [3.05, 3.63) is 77.1 Å². The van der Waals surface area contributed by atoms with Crippen molar-refractivity contribution < 1.29 is 36.9 Å². The maximum Gasteiger partial charge on any atom is 0.162 e. The van der Waals surface area contributed by atoms with E-state index < -0.39 is 6.85 Å². The van der Waals surface area contributed by atoms with Crippen LogP contribution in [0.4, 0.5) is 0 Å². The molecule has 5 heteroatoms. The second-order valence-electron chi connectivity index (χ2n) is 16.1. The van der Waals surface area contributed by atoms with Crippen LogP contribution in [0.3, 0.4) is 0 Å². The molecule has 3 aromatic carbocycles. The van der Waals surface area contributed by atoms with Crippen molar-refractivity contribution in [2.24, 2.45) is 22.2 Å². The summed E-state index contributed by atoms with van der Waals surface area (Å²) in [6.45, 7) is 21.1. The van der Waals surface area contributed by atoms with Gasteiger partial charge in [0.25, 0.3) is 0 Å². The van der Waals surface area contributed by atoms with E-state index in [1.54, 1.807) is 23.9 Å². The number of rotatable bonds is 9. The Hall–Kier alpha value is -2.46. The van der Waals surface area contributed by atoms with Gasteiger partial charge >= 0.3 is 0 Å². The van der Waals surface area contributed by atoms with Crippen molar-refractivity contribution in [2.75, 3.05) is 0 Å². The first-order chi connectivity index (χ1) is 24.5. The van der Waals surface area contributed by atoms with Gasteiger partial charge in [0.05, 0.1) is 2.74 Å². The van der Waals surface area contributed by atoms with Crippen LogP contribution in [0, 0.1) is 35.1 Å². The fraction of sp³-hybridized carbons (Fsp3) is 0.500. The molecule has 0 saturated heterocycles. The van der Waals surface area contributed by atoms with Crippen molar-refractivity contribution >= 4 is 39.1 Å². The summed E-state index contributed by atoms with van der Waals surface area (Å²) in [5.74, 6) is 0.366. The molecule has 0 atom stereocenters. The van der Waals surface area contributed by atoms with Gasteiger partial charge in [-0.3, -0.25) is 9.78 Å². The summed E-state index contributed by atoms with van der Waals surface area (Å²) in [5.41, 5.74) is 3.89. The first kappa shape index (κ1) is 33.7. The van der Waals surface area contributed by atoms with E-state index in [0.29, 0.717) is 5.69 Å². The van der Waals surface area contributed by atoms with Crippen LogP contribution in [0.25, 0.3) is 32.8 Å². The zero-order chi connectivity index (χ0) is 39.8. The van der Waals surface area contributed by atoms with E-state index in [2.05, 4.69) is 58.7 Å². The van der Waals surface area contributed by atoms with Gasteiger partial charge in [0, 0.05) is 58.4 Å². The van der Waals surface area contributed by atoms with E-state index >= 15 is 0 Å². The van der Waals surface area contributed by atoms with E-state index in [-0.39, 0.29) is 71.6 Å². The van der Waals surface area contributed by atoms with Gasteiger partial charge in [-0.2, -0.15) is 0 Å². The number of carbonyl (C=O) groups is 1. The minimum absolute atomic E-state index is 0. The normalized spacial score (nSPS) is 14.9. The molecule has 1 aliphatic rings. The largest absolute Gasteiger partial charge is 0.512 e. The third kappa shape index (κ3) is 9.66. The number of aryl methyl sites for hydroxylation is 1. The molecule has 0 fully saturated rings. The smallest absolute Gasteiger partial charge is 0.162 e. The summed E-state index contributed by atoms with van der Waals surface area (Å²) in [6.07, 6.45) is 6.44. The number of carbonyl (C=O) groups excluding carboxylic acids is 1. The van der Waals surface area contributed by atoms with Gasteiger partial charge < -0.3 is 5.11 Å². The van der Waals surface area contributed by atoms with Crippen molar-refractivity contribution in [3.8, 4) is 11.3 Å². The van der Waals surface area contributed by atoms with E-state index in [1.807, 2.05) is 46.8 Å². The molecule has 0 spiro atoms. The molecule has 0 saturated carbocycles. The number of aromatic nitrogens is 1. The van der Waals surface area contributed by atoms with Gasteiger partial charge in [-0.25, -0.2) is 0 Å². The van der Waals surface area contributed by atoms with Crippen molar-refractivity contribution in [1.29, 1.82) is 0 Å². The third-order valence-corrected chi connectivity index (χ3v) is 10.8. The number of allylic oxidation sites excluding steroid dienone is 2. The summed E-state index contributed by atoms with van der Waals surface area (Å²) in [5, 5.41) is 13.4. The number of benzene rings is 3. The number of hydrogen-bond donors (Lipinski definition) is 1. The number of fused-ring (bicyclic) bond motifs is 3. The van der Waals surface area contributed by atoms with Crippen LogP contribution in [-0.2, 0) is 37.7 Å². The molecule has 0 bridgehead atoms. The predicted octanol–water partition coefficient (Wildman–Crippen LogP) is 13.1. The average molecular weight is 862 g/mol. The van der Waals surface area contributed by atoms with Crippen LogP contribution in [0.5, 0.6) is 0 Å². The Bertz CT molecular complexity index is 2030. The molecule has 1 N–H and O–H groups in total. The molecule has 0 amide bonds. The van der Waals surface area contributed by atoms with Crippen molar-refractivity contribution in [2.45, 2.75) is 131 Å². The van der Waals surface area contributed by atoms with Gasteiger partial charge in [-0.05, 0) is 89.5 Å². The SMILES string of the molecule is CCC(CC)C(=O)/C=C(\O)C(C)(CC)CC.[2H]c1nc2c3c(cc(CC(C)(C)C)cc3c1[2H])Sc1c-2[c-]c2cc(C([2H])([2H])[2H])ccc2c1CC(C)(C)C.[Ir]. The number of aliphatic hydroxyl groups excluding tert-OH is 1. The summed E-state index contributed by atoms with van der Waals surface area (Å²) in [4.78, 5) is 18.6. The first-order valence-electron chi connectivity index (χ1n) is 20.1. The molecule has 0 unspecified atom stereocenters. The summed E-state index contributed by atoms with van der Waals surface area (Å²) < 4.78 is 40.9. The Kier molecular flexibility index (Phi) is 11.2. The van der Waals surface area contributed by atoms with Crippen molar-refractivity contribution in [1.82, 2.24) is 4.98 Å². The average Bonchev–Trinajstić information content (AvgIpc) is 3.05. The van der Waals surface area contributed by atoms with E-state index in [4.69, 9.17) is 6.85 Å². The molecule has 4 aromatic rings. The topological polar surface area (TPSA) is 50.2 Å². The first-order valence-corrected chi connectivity index (χ1v) is 18.4. The van der Waals surface area contributed by atoms with Crippen LogP contribution < -0.4 is 0 Å². The summed E-state index contributed by atoms with van der Waals surface area (Å²) >= 11 is 1.69. The monoisotopic (exact) mass is 862 g/mol. The number of aliphatic hydroxyl groups is 1. The van der Waals surface area contributed by atoms with Crippen LogP contribution in [0.1, 0.15) is 125 Å². The van der Waals surface area contributed by atoms with Gasteiger partial charge in [-0.1, -0.05) is 116 Å². The van der Waals surface area contributed by atoms with Gasteiger partial charge in [0.15, 0.2) is 5.78 Å². The second-order valence-corrected chi connectivity index (χ2v) is 17.1. The van der Waals surface area contributed by atoms with Crippen LogP contribution in [0.15, 0.2) is 64.2 Å². The standard InChI is InChI=1S/C30H32NS.C14H26O2.Ir/c1-18-8-9-22-21(12-18)15-23-27-26-20(10-11-31-27)13-19(16-29(2,3)4)14-25(26)32-28(23)24(22)17-30(5,6)7;1-6-11(7-2)12(15)10-13(16)14(5,8-3)9-4;/h8-14H,16-17H2,1-7H3;10-11,16H,6-9H2,1-5H3;/q-1;;/b;13-10-;/i1D3,10D,11D;;. The maximum atomic E-state index is 11.9. The quantitative estimate of drug-likeness (QED) is 0.0911. The second kappa shape index (κ2) is 16.3. The molecule has 5 rings (SSSR count). The Morgan fingerprint density at radius 2 is 1.65 bits per heavy atom. The Labute approximate surface area is 321 Å². The third-order valence-electron chi connectivity index (χ3n) is 9.60. The zero-order valence-corrected chi connectivity index (χ0v) is 34.5. The number of hydrogen-bond acceptors (Lipinski definition) is 4. The molecule has 3 nitrogen and oxygen atoms in total.